The zero-order valence-corrected chi connectivity index (χ0v) is 12.9. The summed E-state index contributed by atoms with van der Waals surface area (Å²) < 4.78 is 5.21. The van der Waals surface area contributed by atoms with E-state index in [1.807, 2.05) is 49.6 Å². The van der Waals surface area contributed by atoms with Crippen molar-refractivity contribution in [3.8, 4) is 0 Å². The molecule has 0 saturated heterocycles. The molecule has 1 aromatic carbocycles. The third kappa shape index (κ3) is 3.98. The Morgan fingerprint density at radius 3 is 2.67 bits per heavy atom. The molecule has 4 nitrogen and oxygen atoms in total. The Labute approximate surface area is 128 Å². The molecule has 0 aliphatic carbocycles. The Balaban J connectivity index is 1.99. The normalized spacial score (nSPS) is 11.9. The second-order valence-electron chi connectivity index (χ2n) is 4.76. The summed E-state index contributed by atoms with van der Waals surface area (Å²) in [5.41, 5.74) is 1.80. The van der Waals surface area contributed by atoms with Gasteiger partial charge in [0, 0.05) is 11.1 Å². The highest BCUT2D eigenvalue weighted by atomic mass is 32.1. The van der Waals surface area contributed by atoms with Crippen LogP contribution in [0.25, 0.3) is 0 Å². The molecule has 0 bridgehead atoms. The van der Waals surface area contributed by atoms with Crippen LogP contribution in [0.3, 0.4) is 0 Å². The van der Waals surface area contributed by atoms with Crippen molar-refractivity contribution in [1.29, 1.82) is 5.41 Å². The quantitative estimate of drug-likeness (QED) is 0.653. The van der Waals surface area contributed by atoms with Crippen LogP contribution in [-0.2, 0) is 16.1 Å². The molecule has 0 aliphatic rings. The van der Waals surface area contributed by atoms with Crippen molar-refractivity contribution in [2.75, 3.05) is 0 Å². The minimum Gasteiger partial charge on any atom is -0.456 e. The molecule has 0 saturated carbocycles. The number of aromatic nitrogens is 1. The van der Waals surface area contributed by atoms with Crippen molar-refractivity contribution in [1.82, 2.24) is 4.98 Å². The van der Waals surface area contributed by atoms with Crippen LogP contribution in [0.15, 0.2) is 35.7 Å². The maximum Gasteiger partial charge on any atom is 0.353 e. The zero-order valence-electron chi connectivity index (χ0n) is 12.1. The monoisotopic (exact) mass is 302 g/mol. The summed E-state index contributed by atoms with van der Waals surface area (Å²) in [4.78, 5) is 16.4. The number of nitrogens with one attached hydrogen (secondary N) is 1. The Morgan fingerprint density at radius 2 is 2.10 bits per heavy atom. The summed E-state index contributed by atoms with van der Waals surface area (Å²) in [5.74, 6) is -0.856. The van der Waals surface area contributed by atoms with Crippen LogP contribution >= 0.6 is 11.3 Å². The molecule has 2 rings (SSSR count). The molecule has 110 valence electrons. The number of nitrogens with zero attached hydrogens (tertiary/aromatic N) is 1. The van der Waals surface area contributed by atoms with Gasteiger partial charge < -0.3 is 4.74 Å². The largest absolute Gasteiger partial charge is 0.456 e. The number of thiazole rings is 1. The summed E-state index contributed by atoms with van der Waals surface area (Å²) >= 11 is 1.48. The number of aryl methyl sites for hydroxylation is 1. The van der Waals surface area contributed by atoms with Crippen LogP contribution < -0.4 is 0 Å². The van der Waals surface area contributed by atoms with Gasteiger partial charge in [0.1, 0.15) is 17.3 Å². The van der Waals surface area contributed by atoms with Crippen molar-refractivity contribution >= 4 is 23.0 Å². The summed E-state index contributed by atoms with van der Waals surface area (Å²) in [5, 5.41) is 10.8. The van der Waals surface area contributed by atoms with E-state index in [1.54, 1.807) is 0 Å². The third-order valence-electron chi connectivity index (χ3n) is 3.12. The molecule has 2 aromatic rings. The molecule has 0 fully saturated rings. The standard InChI is InChI=1S/C16H18N2O2S/c1-3-13(15-18-11(2)10-21-15)14(17)16(19)20-9-12-7-5-4-6-8-12/h4-8,10,13,17H,3,9H2,1-2H3/t13-/m1/s1. The predicted octanol–water partition coefficient (Wildman–Crippen LogP) is 3.71. The highest BCUT2D eigenvalue weighted by Crippen LogP contribution is 2.25. The molecule has 1 N–H and O–H groups in total. The first-order chi connectivity index (χ1) is 10.1. The lowest BCUT2D eigenvalue weighted by Crippen LogP contribution is -2.23. The maximum absolute atomic E-state index is 12.0. The van der Waals surface area contributed by atoms with Crippen molar-refractivity contribution in [2.24, 2.45) is 0 Å². The number of carbonyl (C=O) groups excluding carboxylic acids is 1. The van der Waals surface area contributed by atoms with Gasteiger partial charge in [-0.1, -0.05) is 37.3 Å². The fraction of sp³-hybridized carbons (Fsp3) is 0.312. The molecular weight excluding hydrogens is 284 g/mol. The average Bonchev–Trinajstić information content (AvgIpc) is 2.92. The SMILES string of the molecule is CC[C@H](C(=N)C(=O)OCc1ccccc1)c1nc(C)cs1. The smallest absolute Gasteiger partial charge is 0.353 e. The minimum absolute atomic E-state index is 0.0252. The number of ether oxygens (including phenoxy) is 1. The Morgan fingerprint density at radius 1 is 1.38 bits per heavy atom. The highest BCUT2D eigenvalue weighted by molar-refractivity contribution is 7.10. The molecule has 1 atom stereocenters. The molecule has 0 amide bonds. The molecule has 0 unspecified atom stereocenters. The number of hydrogen-bond acceptors (Lipinski definition) is 5. The van der Waals surface area contributed by atoms with E-state index in [-0.39, 0.29) is 18.2 Å². The first-order valence-electron chi connectivity index (χ1n) is 6.83. The predicted molar refractivity (Wildman–Crippen MR) is 83.8 cm³/mol. The molecular formula is C16H18N2O2S. The van der Waals surface area contributed by atoms with Crippen LogP contribution in [0.1, 0.15) is 35.5 Å². The molecule has 5 heteroatoms. The van der Waals surface area contributed by atoms with E-state index < -0.39 is 5.97 Å². The third-order valence-corrected chi connectivity index (χ3v) is 4.20. The van der Waals surface area contributed by atoms with Crippen LogP contribution in [-0.4, -0.2) is 16.7 Å². The van der Waals surface area contributed by atoms with Crippen molar-refractivity contribution in [3.05, 3.63) is 52.0 Å². The van der Waals surface area contributed by atoms with Gasteiger partial charge in [0.15, 0.2) is 0 Å². The van der Waals surface area contributed by atoms with E-state index in [0.717, 1.165) is 16.3 Å². The van der Waals surface area contributed by atoms with Gasteiger partial charge in [-0.2, -0.15) is 0 Å². The number of carbonyl (C=O) groups is 1. The Hall–Kier alpha value is -2.01. The summed E-state index contributed by atoms with van der Waals surface area (Å²) in [6, 6.07) is 9.46. The van der Waals surface area contributed by atoms with Gasteiger partial charge in [0.05, 0.1) is 5.92 Å². The van der Waals surface area contributed by atoms with Crippen LogP contribution in [0, 0.1) is 12.3 Å². The van der Waals surface area contributed by atoms with Gasteiger partial charge in [-0.15, -0.1) is 11.3 Å². The lowest BCUT2D eigenvalue weighted by atomic mass is 10.0. The van der Waals surface area contributed by atoms with Gasteiger partial charge in [0.2, 0.25) is 0 Å². The van der Waals surface area contributed by atoms with E-state index in [9.17, 15) is 4.79 Å². The number of hydrogen-bond donors (Lipinski definition) is 1. The first-order valence-corrected chi connectivity index (χ1v) is 7.71. The number of rotatable bonds is 6. The van der Waals surface area contributed by atoms with Crippen LogP contribution in [0.2, 0.25) is 0 Å². The summed E-state index contributed by atoms with van der Waals surface area (Å²) in [7, 11) is 0. The summed E-state index contributed by atoms with van der Waals surface area (Å²) in [6.07, 6.45) is 0.659. The molecule has 0 aliphatic heterocycles. The van der Waals surface area contributed by atoms with Gasteiger partial charge in [-0.3, -0.25) is 5.41 Å². The van der Waals surface area contributed by atoms with Gasteiger partial charge >= 0.3 is 5.97 Å². The fourth-order valence-corrected chi connectivity index (χ4v) is 2.97. The zero-order chi connectivity index (χ0) is 15.2. The van der Waals surface area contributed by atoms with Gasteiger partial charge in [0.25, 0.3) is 0 Å². The second-order valence-corrected chi connectivity index (χ2v) is 5.65. The molecule has 0 spiro atoms. The van der Waals surface area contributed by atoms with Gasteiger partial charge in [-0.05, 0) is 18.9 Å². The molecule has 0 radical (unpaired) electrons. The lowest BCUT2D eigenvalue weighted by Gasteiger charge is -2.13. The van der Waals surface area contributed by atoms with Gasteiger partial charge in [-0.25, -0.2) is 9.78 Å². The molecule has 1 aromatic heterocycles. The van der Waals surface area contributed by atoms with E-state index in [4.69, 9.17) is 10.1 Å². The lowest BCUT2D eigenvalue weighted by molar-refractivity contribution is -0.137. The van der Waals surface area contributed by atoms with E-state index >= 15 is 0 Å². The summed E-state index contributed by atoms with van der Waals surface area (Å²) in [6.45, 7) is 4.04. The highest BCUT2D eigenvalue weighted by Gasteiger charge is 2.25. The fourth-order valence-electron chi connectivity index (χ4n) is 1.98. The second kappa shape index (κ2) is 7.13. The molecule has 1 heterocycles. The van der Waals surface area contributed by atoms with Crippen LogP contribution in [0.4, 0.5) is 0 Å². The van der Waals surface area contributed by atoms with Crippen LogP contribution in [0.5, 0.6) is 0 Å². The minimum atomic E-state index is -0.571. The molecule has 21 heavy (non-hydrogen) atoms. The number of esters is 1. The van der Waals surface area contributed by atoms with E-state index in [1.165, 1.54) is 11.3 Å². The first kappa shape index (κ1) is 15.4. The van der Waals surface area contributed by atoms with Crippen molar-refractivity contribution in [2.45, 2.75) is 32.8 Å². The van der Waals surface area contributed by atoms with E-state index in [0.29, 0.717) is 6.42 Å². The number of benzene rings is 1. The Kier molecular flexibility index (Phi) is 5.22. The Bertz CT molecular complexity index is 622. The van der Waals surface area contributed by atoms with Crippen molar-refractivity contribution in [3.63, 3.8) is 0 Å². The average molecular weight is 302 g/mol. The van der Waals surface area contributed by atoms with Crippen molar-refractivity contribution < 1.29 is 9.53 Å². The maximum atomic E-state index is 12.0. The van der Waals surface area contributed by atoms with E-state index in [2.05, 4.69) is 4.98 Å². The topological polar surface area (TPSA) is 63.0 Å².